The van der Waals surface area contributed by atoms with Gasteiger partial charge in [0.05, 0.1) is 52.6 Å². The summed E-state index contributed by atoms with van der Waals surface area (Å²) in [6.07, 6.45) is 0. The van der Waals surface area contributed by atoms with Crippen LogP contribution in [0, 0.1) is 0 Å². The van der Waals surface area contributed by atoms with Crippen molar-refractivity contribution >= 4 is 23.9 Å². The van der Waals surface area contributed by atoms with Gasteiger partial charge >= 0.3 is 23.9 Å². The van der Waals surface area contributed by atoms with E-state index in [1.807, 2.05) is 0 Å². The molecule has 0 unspecified atom stereocenters. The van der Waals surface area contributed by atoms with Crippen LogP contribution in [-0.2, 0) is 19.2 Å². The molecular weight excluding hydrogens is 488 g/mol. The number of carboxylic acids is 4. The van der Waals surface area contributed by atoms with Gasteiger partial charge in [0, 0.05) is 50.3 Å². The number of carboxylic acid groups (broad SMARTS) is 4. The summed E-state index contributed by atoms with van der Waals surface area (Å²) in [6, 6.07) is -3.96. The first-order chi connectivity index (χ1) is 16.9. The normalized spacial score (nSPS) is 26.1. The first-order valence-electron chi connectivity index (χ1n) is 11.2. The van der Waals surface area contributed by atoms with Crippen molar-refractivity contribution in [1.82, 2.24) is 19.6 Å². The van der Waals surface area contributed by atoms with Crippen LogP contribution in [-0.4, -0.2) is 187 Å². The highest BCUT2D eigenvalue weighted by atomic mass is 16.4. The first kappa shape index (κ1) is 31.6. The van der Waals surface area contributed by atoms with Gasteiger partial charge in [0.2, 0.25) is 0 Å². The zero-order valence-corrected chi connectivity index (χ0v) is 19.8. The maximum atomic E-state index is 11.5. The fourth-order valence-corrected chi connectivity index (χ4v) is 4.30. The highest BCUT2D eigenvalue weighted by Gasteiger charge is 2.36. The van der Waals surface area contributed by atoms with Crippen molar-refractivity contribution in [3.8, 4) is 0 Å². The number of carbonyl (C=O) groups is 4. The minimum absolute atomic E-state index is 0.247. The lowest BCUT2D eigenvalue weighted by Crippen LogP contribution is -2.62. The Bertz CT molecular complexity index is 621. The van der Waals surface area contributed by atoms with Gasteiger partial charge in [-0.3, -0.25) is 38.8 Å². The number of rotatable bonds is 12. The Morgan fingerprint density at radius 3 is 0.722 bits per heavy atom. The lowest BCUT2D eigenvalue weighted by Gasteiger charge is -2.44. The lowest BCUT2D eigenvalue weighted by molar-refractivity contribution is -0.145. The van der Waals surface area contributed by atoms with Crippen LogP contribution in [0.5, 0.6) is 0 Å². The van der Waals surface area contributed by atoms with E-state index >= 15 is 0 Å². The van der Waals surface area contributed by atoms with Crippen molar-refractivity contribution in [2.24, 2.45) is 0 Å². The van der Waals surface area contributed by atoms with Crippen molar-refractivity contribution in [2.75, 3.05) is 78.8 Å². The number of nitrogens with zero attached hydrogens (tertiary/aromatic N) is 4. The molecule has 8 N–H and O–H groups in total. The molecule has 36 heavy (non-hydrogen) atoms. The molecule has 1 aliphatic heterocycles. The van der Waals surface area contributed by atoms with Gasteiger partial charge in [0.25, 0.3) is 0 Å². The summed E-state index contributed by atoms with van der Waals surface area (Å²) in [5.74, 6) is -5.14. The highest BCUT2D eigenvalue weighted by molar-refractivity contribution is 5.70. The molecule has 16 nitrogen and oxygen atoms in total. The Labute approximate surface area is 207 Å². The smallest absolute Gasteiger partial charge is 0.317 e. The van der Waals surface area contributed by atoms with Gasteiger partial charge in [-0.15, -0.1) is 0 Å². The molecule has 4 atom stereocenters. The quantitative estimate of drug-likeness (QED) is 0.119. The molecule has 1 fully saturated rings. The van der Waals surface area contributed by atoms with E-state index in [0.29, 0.717) is 0 Å². The molecule has 0 aromatic carbocycles. The molecule has 1 rings (SSSR count). The van der Waals surface area contributed by atoms with Gasteiger partial charge in [-0.05, 0) is 0 Å². The number of hydrogen-bond donors (Lipinski definition) is 8. The largest absolute Gasteiger partial charge is 0.480 e. The summed E-state index contributed by atoms with van der Waals surface area (Å²) < 4.78 is 0. The van der Waals surface area contributed by atoms with E-state index in [2.05, 4.69) is 0 Å². The topological polar surface area (TPSA) is 243 Å². The average molecular weight is 525 g/mol. The van der Waals surface area contributed by atoms with Gasteiger partial charge in [-0.2, -0.15) is 0 Å². The second-order valence-electron chi connectivity index (χ2n) is 8.64. The van der Waals surface area contributed by atoms with Crippen LogP contribution < -0.4 is 0 Å². The van der Waals surface area contributed by atoms with E-state index < -0.39 is 101 Å². The van der Waals surface area contributed by atoms with Gasteiger partial charge in [-0.1, -0.05) is 0 Å². The lowest BCUT2D eigenvalue weighted by atomic mass is 10.1. The maximum absolute atomic E-state index is 11.5. The predicted molar refractivity (Wildman–Crippen MR) is 120 cm³/mol. The molecule has 0 bridgehead atoms. The highest BCUT2D eigenvalue weighted by Crippen LogP contribution is 2.16. The molecule has 0 amide bonds. The van der Waals surface area contributed by atoms with Crippen LogP contribution in [0.1, 0.15) is 0 Å². The van der Waals surface area contributed by atoms with Crippen LogP contribution in [0.25, 0.3) is 0 Å². The zero-order valence-electron chi connectivity index (χ0n) is 19.8. The van der Waals surface area contributed by atoms with Crippen LogP contribution in [0.15, 0.2) is 0 Å². The van der Waals surface area contributed by atoms with Crippen molar-refractivity contribution < 1.29 is 60.0 Å². The molecule has 1 aliphatic rings. The molecule has 1 heterocycles. The van der Waals surface area contributed by atoms with E-state index in [9.17, 15) is 60.0 Å². The molecule has 1 saturated heterocycles. The number of hydrogen-bond acceptors (Lipinski definition) is 12. The fourth-order valence-electron chi connectivity index (χ4n) is 4.30. The Balaban J connectivity index is 3.62. The van der Waals surface area contributed by atoms with Crippen molar-refractivity contribution in [2.45, 2.75) is 24.2 Å². The van der Waals surface area contributed by atoms with E-state index in [1.54, 1.807) is 0 Å². The third-order valence-corrected chi connectivity index (χ3v) is 6.04. The van der Waals surface area contributed by atoms with Gasteiger partial charge < -0.3 is 40.9 Å². The first-order valence-corrected chi connectivity index (χ1v) is 11.2. The molecule has 0 radical (unpaired) electrons. The second-order valence-corrected chi connectivity index (χ2v) is 8.64. The van der Waals surface area contributed by atoms with Crippen LogP contribution in [0.2, 0.25) is 0 Å². The molecule has 0 saturated carbocycles. The van der Waals surface area contributed by atoms with Crippen molar-refractivity contribution in [3.63, 3.8) is 0 Å². The van der Waals surface area contributed by atoms with E-state index in [4.69, 9.17) is 0 Å². The second kappa shape index (κ2) is 15.6. The Kier molecular flexibility index (Phi) is 13.7. The Morgan fingerprint density at radius 1 is 0.444 bits per heavy atom. The van der Waals surface area contributed by atoms with Crippen LogP contribution in [0.3, 0.4) is 0 Å². The molecular formula is C20H36N4O12. The van der Waals surface area contributed by atoms with Crippen molar-refractivity contribution in [3.05, 3.63) is 0 Å². The molecule has 0 aromatic rings. The van der Waals surface area contributed by atoms with Crippen LogP contribution >= 0.6 is 0 Å². The average Bonchev–Trinajstić information content (AvgIpc) is 2.78. The number of aliphatic hydroxyl groups excluding tert-OH is 4. The van der Waals surface area contributed by atoms with Gasteiger partial charge in [-0.25, -0.2) is 0 Å². The Morgan fingerprint density at radius 2 is 0.611 bits per heavy atom. The number of aliphatic hydroxyl groups is 4. The molecule has 0 spiro atoms. The third kappa shape index (κ3) is 10.3. The third-order valence-electron chi connectivity index (χ3n) is 6.04. The molecule has 208 valence electrons. The van der Waals surface area contributed by atoms with E-state index in [1.165, 1.54) is 19.6 Å². The maximum Gasteiger partial charge on any atom is 0.317 e. The molecule has 16 heteroatoms. The minimum Gasteiger partial charge on any atom is -0.480 e. The SMILES string of the molecule is O=C(O)CN1C[C@H](CO)N(CC(=O)O)C[C@H](CO)N(CC(=O)O)C[C@H](CO)N(CC(=O)O)C[C@@H]1CO. The summed E-state index contributed by atoms with van der Waals surface area (Å²) in [5, 5.41) is 77.8. The van der Waals surface area contributed by atoms with E-state index in [-0.39, 0.29) is 26.2 Å². The molecule has 0 aliphatic carbocycles. The summed E-state index contributed by atoms with van der Waals surface area (Å²) in [5.41, 5.74) is 0. The summed E-state index contributed by atoms with van der Waals surface area (Å²) in [6.45, 7) is -5.99. The number of aliphatic carboxylic acids is 4. The monoisotopic (exact) mass is 524 g/mol. The Hall–Kier alpha value is -2.44. The van der Waals surface area contributed by atoms with Crippen molar-refractivity contribution in [1.29, 1.82) is 0 Å². The van der Waals surface area contributed by atoms with Crippen LogP contribution in [0.4, 0.5) is 0 Å². The molecule has 0 aromatic heterocycles. The predicted octanol–water partition coefficient (Wildman–Crippen LogP) is -5.01. The summed E-state index contributed by atoms with van der Waals surface area (Å²) >= 11 is 0. The fraction of sp³-hybridized carbons (Fsp3) is 0.800. The zero-order chi connectivity index (χ0) is 27.4. The standard InChI is InChI=1S/C20H36N4O12/c25-9-13-1-21(5-17(29)30)14(10-26)2-23(7-19(33)34)16(12-28)4-24(8-20(35)36)15(11-27)3-22(13)6-18(31)32/h13-16,25-28H,1-12H2,(H,29,30)(H,31,32)(H,33,34)(H,35,36)/t13-,14-,15-,16-/m1/s1. The van der Waals surface area contributed by atoms with Gasteiger partial charge in [0.1, 0.15) is 0 Å². The minimum atomic E-state index is -1.29. The van der Waals surface area contributed by atoms with Gasteiger partial charge in [0.15, 0.2) is 0 Å². The summed E-state index contributed by atoms with van der Waals surface area (Å²) in [7, 11) is 0. The summed E-state index contributed by atoms with van der Waals surface area (Å²) in [4.78, 5) is 51.3. The van der Waals surface area contributed by atoms with E-state index in [0.717, 1.165) is 0 Å².